The van der Waals surface area contributed by atoms with Crippen molar-refractivity contribution in [1.82, 2.24) is 20.1 Å². The van der Waals surface area contributed by atoms with Gasteiger partial charge in [0, 0.05) is 31.0 Å². The normalized spacial score (nSPS) is 12.6. The molecule has 6 nitrogen and oxygen atoms in total. The molecule has 2 heterocycles. The van der Waals surface area contributed by atoms with Crippen LogP contribution in [0.3, 0.4) is 0 Å². The maximum Gasteiger partial charge on any atom is 0.209 e. The minimum Gasteiger partial charge on any atom is -0.497 e. The van der Waals surface area contributed by atoms with Crippen molar-refractivity contribution in [3.63, 3.8) is 0 Å². The smallest absolute Gasteiger partial charge is 0.209 e. The monoisotopic (exact) mass is 300 g/mol. The van der Waals surface area contributed by atoms with Gasteiger partial charge in [-0.05, 0) is 31.5 Å². The van der Waals surface area contributed by atoms with E-state index in [1.807, 2.05) is 35.1 Å². The summed E-state index contributed by atoms with van der Waals surface area (Å²) >= 11 is 0. The summed E-state index contributed by atoms with van der Waals surface area (Å²) in [5.41, 5.74) is 1.60. The van der Waals surface area contributed by atoms with E-state index in [2.05, 4.69) is 22.3 Å². The number of fused-ring (bicyclic) bond motifs is 1. The summed E-state index contributed by atoms with van der Waals surface area (Å²) in [4.78, 5) is 4.48. The zero-order valence-corrected chi connectivity index (χ0v) is 12.8. The third-order valence-electron chi connectivity index (χ3n) is 3.59. The van der Waals surface area contributed by atoms with Gasteiger partial charge >= 0.3 is 0 Å². The molecule has 0 saturated carbocycles. The van der Waals surface area contributed by atoms with Crippen molar-refractivity contribution < 1.29 is 9.15 Å². The molecule has 1 aromatic carbocycles. The minimum absolute atomic E-state index is 0.355. The number of oxazole rings is 1. The highest BCUT2D eigenvalue weighted by molar-refractivity contribution is 5.74. The van der Waals surface area contributed by atoms with E-state index in [1.165, 1.54) is 0 Å². The van der Waals surface area contributed by atoms with Gasteiger partial charge in [0.15, 0.2) is 5.58 Å². The Kier molecular flexibility index (Phi) is 4.39. The van der Waals surface area contributed by atoms with Crippen LogP contribution >= 0.6 is 0 Å². The Bertz CT molecular complexity index is 721. The minimum atomic E-state index is 0.355. The molecule has 2 aromatic heterocycles. The van der Waals surface area contributed by atoms with Crippen LogP contribution < -0.4 is 10.1 Å². The number of hydrogen-bond donors (Lipinski definition) is 1. The van der Waals surface area contributed by atoms with Crippen LogP contribution in [0.2, 0.25) is 0 Å². The van der Waals surface area contributed by atoms with E-state index >= 15 is 0 Å². The van der Waals surface area contributed by atoms with E-state index in [-0.39, 0.29) is 0 Å². The first-order valence-corrected chi connectivity index (χ1v) is 7.39. The van der Waals surface area contributed by atoms with E-state index in [1.54, 1.807) is 13.3 Å². The van der Waals surface area contributed by atoms with Crippen LogP contribution in [0.1, 0.15) is 19.2 Å². The molecule has 0 amide bonds. The topological polar surface area (TPSA) is 65.1 Å². The molecule has 0 saturated heterocycles. The number of aryl methyl sites for hydroxylation is 1. The van der Waals surface area contributed by atoms with Crippen LogP contribution in [0, 0.1) is 0 Å². The second-order valence-electron chi connectivity index (χ2n) is 5.28. The molecule has 0 aliphatic carbocycles. The molecule has 3 rings (SSSR count). The van der Waals surface area contributed by atoms with Gasteiger partial charge in [-0.1, -0.05) is 0 Å². The Balaban J connectivity index is 1.54. The van der Waals surface area contributed by atoms with Gasteiger partial charge in [-0.15, -0.1) is 0 Å². The zero-order chi connectivity index (χ0) is 15.4. The van der Waals surface area contributed by atoms with E-state index in [0.717, 1.165) is 29.8 Å². The van der Waals surface area contributed by atoms with Crippen LogP contribution in [0.5, 0.6) is 5.75 Å². The Hall–Kier alpha value is -2.34. The molecule has 0 radical (unpaired) electrons. The van der Waals surface area contributed by atoms with Gasteiger partial charge in [0.1, 0.15) is 11.3 Å². The first-order chi connectivity index (χ1) is 10.7. The molecule has 1 atom stereocenters. The maximum atomic E-state index is 5.72. The van der Waals surface area contributed by atoms with Crippen LogP contribution in [0.15, 0.2) is 41.1 Å². The Labute approximate surface area is 129 Å². The molecule has 0 bridgehead atoms. The number of hydrogen-bond acceptors (Lipinski definition) is 5. The summed E-state index contributed by atoms with van der Waals surface area (Å²) in [6.45, 7) is 3.65. The van der Waals surface area contributed by atoms with Crippen molar-refractivity contribution in [3.05, 3.63) is 42.5 Å². The van der Waals surface area contributed by atoms with Crippen molar-refractivity contribution in [2.75, 3.05) is 7.11 Å². The van der Waals surface area contributed by atoms with Crippen molar-refractivity contribution in [2.45, 2.75) is 32.5 Å². The molecule has 6 heteroatoms. The molecule has 116 valence electrons. The lowest BCUT2D eigenvalue weighted by Crippen LogP contribution is -2.27. The highest BCUT2D eigenvalue weighted by Gasteiger charge is 2.08. The summed E-state index contributed by atoms with van der Waals surface area (Å²) in [5, 5.41) is 7.62. The molecule has 1 N–H and O–H groups in total. The van der Waals surface area contributed by atoms with Crippen LogP contribution in [0.4, 0.5) is 0 Å². The SMILES string of the molecule is COc1ccc2oc(CN[C@@H](C)CCn3cccn3)nc2c1. The van der Waals surface area contributed by atoms with Gasteiger partial charge < -0.3 is 14.5 Å². The van der Waals surface area contributed by atoms with E-state index < -0.39 is 0 Å². The molecule has 0 aliphatic heterocycles. The Morgan fingerprint density at radius 3 is 3.09 bits per heavy atom. The highest BCUT2D eigenvalue weighted by Crippen LogP contribution is 2.21. The molecule has 22 heavy (non-hydrogen) atoms. The van der Waals surface area contributed by atoms with Crippen LogP contribution in [-0.4, -0.2) is 27.9 Å². The van der Waals surface area contributed by atoms with Crippen molar-refractivity contribution in [2.24, 2.45) is 0 Å². The van der Waals surface area contributed by atoms with Crippen LogP contribution in [0.25, 0.3) is 11.1 Å². The van der Waals surface area contributed by atoms with E-state index in [4.69, 9.17) is 9.15 Å². The lowest BCUT2D eigenvalue weighted by atomic mass is 10.2. The second-order valence-corrected chi connectivity index (χ2v) is 5.28. The first-order valence-electron chi connectivity index (χ1n) is 7.39. The van der Waals surface area contributed by atoms with E-state index in [9.17, 15) is 0 Å². The number of ether oxygens (including phenoxy) is 1. The number of rotatable bonds is 7. The van der Waals surface area contributed by atoms with Crippen molar-refractivity contribution in [3.8, 4) is 5.75 Å². The molecule has 0 fully saturated rings. The summed E-state index contributed by atoms with van der Waals surface area (Å²) in [7, 11) is 1.64. The number of nitrogens with zero attached hydrogens (tertiary/aromatic N) is 3. The zero-order valence-electron chi connectivity index (χ0n) is 12.8. The molecule has 0 aliphatic rings. The van der Waals surface area contributed by atoms with E-state index in [0.29, 0.717) is 18.5 Å². The molecule has 3 aromatic rings. The summed E-state index contributed by atoms with van der Waals surface area (Å²) < 4.78 is 12.8. The molecular weight excluding hydrogens is 280 g/mol. The van der Waals surface area contributed by atoms with Gasteiger partial charge in [-0.2, -0.15) is 5.10 Å². The lowest BCUT2D eigenvalue weighted by Gasteiger charge is -2.12. The standard InChI is InChI=1S/C16H20N4O2/c1-12(6-9-20-8-3-7-18-20)17-11-16-19-14-10-13(21-2)4-5-15(14)22-16/h3-5,7-8,10,12,17H,6,9,11H2,1-2H3/t12-/m0/s1. The summed E-state index contributed by atoms with van der Waals surface area (Å²) in [6, 6.07) is 7.92. The largest absolute Gasteiger partial charge is 0.497 e. The van der Waals surface area contributed by atoms with Gasteiger partial charge in [-0.25, -0.2) is 4.98 Å². The average Bonchev–Trinajstić information content (AvgIpc) is 3.18. The Morgan fingerprint density at radius 2 is 2.32 bits per heavy atom. The molecule has 0 unspecified atom stereocenters. The van der Waals surface area contributed by atoms with Gasteiger partial charge in [-0.3, -0.25) is 4.68 Å². The molecule has 0 spiro atoms. The fourth-order valence-corrected chi connectivity index (χ4v) is 2.28. The van der Waals surface area contributed by atoms with Gasteiger partial charge in [0.2, 0.25) is 5.89 Å². The first kappa shape index (κ1) is 14.6. The predicted octanol–water partition coefficient (Wildman–Crippen LogP) is 2.60. The third kappa shape index (κ3) is 3.46. The van der Waals surface area contributed by atoms with Crippen molar-refractivity contribution in [1.29, 1.82) is 0 Å². The number of nitrogens with one attached hydrogen (secondary N) is 1. The molecular formula is C16H20N4O2. The maximum absolute atomic E-state index is 5.72. The highest BCUT2D eigenvalue weighted by atomic mass is 16.5. The number of methoxy groups -OCH3 is 1. The fourth-order valence-electron chi connectivity index (χ4n) is 2.28. The predicted molar refractivity (Wildman–Crippen MR) is 83.7 cm³/mol. The van der Waals surface area contributed by atoms with Crippen LogP contribution in [-0.2, 0) is 13.1 Å². The number of aromatic nitrogens is 3. The van der Waals surface area contributed by atoms with Crippen molar-refractivity contribution >= 4 is 11.1 Å². The van der Waals surface area contributed by atoms with Gasteiger partial charge in [0.05, 0.1) is 13.7 Å². The third-order valence-corrected chi connectivity index (χ3v) is 3.59. The second kappa shape index (κ2) is 6.62. The Morgan fingerprint density at radius 1 is 1.41 bits per heavy atom. The quantitative estimate of drug-likeness (QED) is 0.726. The fraction of sp³-hybridized carbons (Fsp3) is 0.375. The summed E-state index contributed by atoms with van der Waals surface area (Å²) in [5.74, 6) is 1.47. The lowest BCUT2D eigenvalue weighted by molar-refractivity contribution is 0.415. The number of benzene rings is 1. The average molecular weight is 300 g/mol. The van der Waals surface area contributed by atoms with Gasteiger partial charge in [0.25, 0.3) is 0 Å². The summed E-state index contributed by atoms with van der Waals surface area (Å²) in [6.07, 6.45) is 4.77.